The van der Waals surface area contributed by atoms with Crippen LogP contribution in [-0.2, 0) is 6.42 Å². The van der Waals surface area contributed by atoms with Crippen molar-refractivity contribution >= 4 is 16.5 Å². The lowest BCUT2D eigenvalue weighted by atomic mass is 10.00. The van der Waals surface area contributed by atoms with Gasteiger partial charge in [-0.1, -0.05) is 6.07 Å². The topological polar surface area (TPSA) is 41.5 Å². The second kappa shape index (κ2) is 9.43. The van der Waals surface area contributed by atoms with Crippen LogP contribution in [0, 0.1) is 0 Å². The molecule has 0 saturated carbocycles. The van der Waals surface area contributed by atoms with Gasteiger partial charge in [0.2, 0.25) is 0 Å². The van der Waals surface area contributed by atoms with E-state index < -0.39 is 0 Å². The van der Waals surface area contributed by atoms with Gasteiger partial charge in [-0.3, -0.25) is 0 Å². The Balaban J connectivity index is 1.72. The number of methoxy groups -OCH3 is 1. The number of anilines is 1. The van der Waals surface area contributed by atoms with Crippen LogP contribution < -0.4 is 9.64 Å². The van der Waals surface area contributed by atoms with E-state index in [1.54, 1.807) is 7.11 Å². The first-order valence-electron chi connectivity index (χ1n) is 11.0. The predicted octanol–water partition coefficient (Wildman–Crippen LogP) is 4.79. The van der Waals surface area contributed by atoms with E-state index in [9.17, 15) is 0 Å². The smallest absolute Gasteiger partial charge is 0.128 e. The second-order valence-electron chi connectivity index (χ2n) is 8.40. The summed E-state index contributed by atoms with van der Waals surface area (Å²) >= 11 is 0. The molecule has 0 amide bonds. The molecule has 158 valence electrons. The molecule has 1 aliphatic rings. The summed E-state index contributed by atoms with van der Waals surface area (Å²) in [6.45, 7) is 3.26. The Morgan fingerprint density at radius 3 is 2.63 bits per heavy atom. The number of benzene rings is 2. The van der Waals surface area contributed by atoms with Gasteiger partial charge in [0.25, 0.3) is 0 Å². The van der Waals surface area contributed by atoms with Crippen molar-refractivity contribution in [3.8, 4) is 17.0 Å². The van der Waals surface area contributed by atoms with Gasteiger partial charge in [0, 0.05) is 42.3 Å². The van der Waals surface area contributed by atoms with Gasteiger partial charge in [-0.15, -0.1) is 0 Å². The SMILES string of the molecule is COc1ccc2cc(-c3ccnc(CCCN(C)C)n3)cc(N3CCCCC3)c2c1. The van der Waals surface area contributed by atoms with E-state index >= 15 is 0 Å². The normalized spacial score (nSPS) is 14.5. The van der Waals surface area contributed by atoms with Crippen LogP contribution >= 0.6 is 0 Å². The van der Waals surface area contributed by atoms with E-state index in [-0.39, 0.29) is 0 Å². The summed E-state index contributed by atoms with van der Waals surface area (Å²) in [4.78, 5) is 14.1. The Morgan fingerprint density at radius 2 is 1.87 bits per heavy atom. The van der Waals surface area contributed by atoms with Gasteiger partial charge < -0.3 is 14.5 Å². The van der Waals surface area contributed by atoms with Gasteiger partial charge in [0.05, 0.1) is 12.8 Å². The molecule has 0 unspecified atom stereocenters. The summed E-state index contributed by atoms with van der Waals surface area (Å²) in [5.74, 6) is 1.82. The van der Waals surface area contributed by atoms with E-state index in [4.69, 9.17) is 9.72 Å². The average molecular weight is 405 g/mol. The Bertz CT molecular complexity index is 996. The van der Waals surface area contributed by atoms with Crippen molar-refractivity contribution in [3.05, 3.63) is 48.4 Å². The Morgan fingerprint density at radius 1 is 1.03 bits per heavy atom. The minimum absolute atomic E-state index is 0.899. The monoisotopic (exact) mass is 404 g/mol. The molecule has 0 atom stereocenters. The summed E-state index contributed by atoms with van der Waals surface area (Å²) in [6.07, 6.45) is 7.67. The standard InChI is InChI=1S/C25H32N4O/c1-28(2)13-7-8-25-26-12-11-23(27-25)20-16-19-9-10-21(30-3)18-22(19)24(17-20)29-14-5-4-6-15-29/h9-12,16-18H,4-8,13-15H2,1-3H3. The maximum absolute atomic E-state index is 5.51. The van der Waals surface area contributed by atoms with Crippen LogP contribution in [0.15, 0.2) is 42.6 Å². The second-order valence-corrected chi connectivity index (χ2v) is 8.40. The molecule has 1 aromatic heterocycles. The van der Waals surface area contributed by atoms with E-state index in [1.807, 2.05) is 18.3 Å². The zero-order valence-electron chi connectivity index (χ0n) is 18.4. The number of hydrogen-bond acceptors (Lipinski definition) is 5. The fourth-order valence-electron chi connectivity index (χ4n) is 4.22. The number of hydrogen-bond donors (Lipinski definition) is 0. The minimum Gasteiger partial charge on any atom is -0.497 e. The van der Waals surface area contributed by atoms with Gasteiger partial charge >= 0.3 is 0 Å². The quantitative estimate of drug-likeness (QED) is 0.566. The third-order valence-corrected chi connectivity index (χ3v) is 5.84. The molecule has 4 rings (SSSR count). The van der Waals surface area contributed by atoms with E-state index in [1.165, 1.54) is 35.7 Å². The Kier molecular flexibility index (Phi) is 6.48. The van der Waals surface area contributed by atoms with Crippen molar-refractivity contribution in [1.29, 1.82) is 0 Å². The molecule has 1 aliphatic heterocycles. The molecule has 30 heavy (non-hydrogen) atoms. The molecule has 1 fully saturated rings. The molecule has 5 nitrogen and oxygen atoms in total. The van der Waals surface area contributed by atoms with Gasteiger partial charge in [0.15, 0.2) is 0 Å². The largest absolute Gasteiger partial charge is 0.497 e. The molecule has 1 saturated heterocycles. The molecule has 0 aliphatic carbocycles. The van der Waals surface area contributed by atoms with Gasteiger partial charge in [-0.25, -0.2) is 9.97 Å². The molecule has 5 heteroatoms. The number of fused-ring (bicyclic) bond motifs is 1. The number of ether oxygens (including phenoxy) is 1. The van der Waals surface area contributed by atoms with Crippen LogP contribution in [0.25, 0.3) is 22.0 Å². The van der Waals surface area contributed by atoms with Crippen LogP contribution in [-0.4, -0.2) is 55.7 Å². The molecule has 3 aromatic rings. The third kappa shape index (κ3) is 4.73. The van der Waals surface area contributed by atoms with Gasteiger partial charge in [-0.05, 0) is 82.0 Å². The van der Waals surface area contributed by atoms with Gasteiger partial charge in [0.1, 0.15) is 11.6 Å². The van der Waals surface area contributed by atoms with Crippen molar-refractivity contribution in [3.63, 3.8) is 0 Å². The molecule has 2 aromatic carbocycles. The first-order chi connectivity index (χ1) is 14.6. The van der Waals surface area contributed by atoms with Crippen LogP contribution in [0.4, 0.5) is 5.69 Å². The zero-order valence-corrected chi connectivity index (χ0v) is 18.4. The molecule has 0 radical (unpaired) electrons. The van der Waals surface area contributed by atoms with Crippen molar-refractivity contribution in [2.75, 3.05) is 45.7 Å². The molecular formula is C25H32N4O. The van der Waals surface area contributed by atoms with Crippen molar-refractivity contribution in [2.45, 2.75) is 32.1 Å². The number of aromatic nitrogens is 2. The van der Waals surface area contributed by atoms with E-state index in [0.717, 1.165) is 55.3 Å². The van der Waals surface area contributed by atoms with Crippen molar-refractivity contribution in [2.24, 2.45) is 0 Å². The summed E-state index contributed by atoms with van der Waals surface area (Å²) in [7, 11) is 5.93. The first-order valence-corrected chi connectivity index (χ1v) is 11.0. The highest BCUT2D eigenvalue weighted by Crippen LogP contribution is 2.36. The Hall–Kier alpha value is -2.66. The average Bonchev–Trinajstić information content (AvgIpc) is 2.78. The molecular weight excluding hydrogens is 372 g/mol. The number of aryl methyl sites for hydroxylation is 1. The lowest BCUT2D eigenvalue weighted by Gasteiger charge is -2.30. The highest BCUT2D eigenvalue weighted by atomic mass is 16.5. The highest BCUT2D eigenvalue weighted by molar-refractivity contribution is 5.98. The fraction of sp³-hybridized carbons (Fsp3) is 0.440. The van der Waals surface area contributed by atoms with Gasteiger partial charge in [-0.2, -0.15) is 0 Å². The molecule has 0 spiro atoms. The van der Waals surface area contributed by atoms with E-state index in [2.05, 4.69) is 53.1 Å². The lowest BCUT2D eigenvalue weighted by molar-refractivity contribution is 0.398. The number of piperidine rings is 1. The number of rotatable bonds is 7. The summed E-state index contributed by atoms with van der Waals surface area (Å²) in [5.41, 5.74) is 3.44. The first kappa shape index (κ1) is 20.6. The predicted molar refractivity (Wildman–Crippen MR) is 124 cm³/mol. The molecule has 0 bridgehead atoms. The maximum Gasteiger partial charge on any atom is 0.128 e. The lowest BCUT2D eigenvalue weighted by Crippen LogP contribution is -2.29. The van der Waals surface area contributed by atoms with E-state index in [0.29, 0.717) is 0 Å². The van der Waals surface area contributed by atoms with Crippen LogP contribution in [0.2, 0.25) is 0 Å². The zero-order chi connectivity index (χ0) is 20.9. The maximum atomic E-state index is 5.51. The molecule has 0 N–H and O–H groups in total. The van der Waals surface area contributed by atoms with Crippen LogP contribution in [0.3, 0.4) is 0 Å². The summed E-state index contributed by atoms with van der Waals surface area (Å²) < 4.78 is 5.51. The van der Waals surface area contributed by atoms with Crippen molar-refractivity contribution < 1.29 is 4.74 Å². The van der Waals surface area contributed by atoms with Crippen LogP contribution in [0.1, 0.15) is 31.5 Å². The summed E-state index contributed by atoms with van der Waals surface area (Å²) in [5, 5.41) is 2.47. The van der Waals surface area contributed by atoms with Crippen molar-refractivity contribution in [1.82, 2.24) is 14.9 Å². The molecule has 2 heterocycles. The third-order valence-electron chi connectivity index (χ3n) is 5.84. The Labute approximate surface area is 179 Å². The highest BCUT2D eigenvalue weighted by Gasteiger charge is 2.16. The summed E-state index contributed by atoms with van der Waals surface area (Å²) in [6, 6.07) is 12.9. The number of nitrogens with zero attached hydrogens (tertiary/aromatic N) is 4. The van der Waals surface area contributed by atoms with Crippen LogP contribution in [0.5, 0.6) is 5.75 Å². The minimum atomic E-state index is 0.899. The fourth-order valence-corrected chi connectivity index (χ4v) is 4.22.